The van der Waals surface area contributed by atoms with Crippen LogP contribution in [0, 0.1) is 5.82 Å². The molecule has 0 fully saturated rings. The summed E-state index contributed by atoms with van der Waals surface area (Å²) >= 11 is 11.1. The van der Waals surface area contributed by atoms with E-state index in [0.29, 0.717) is 6.54 Å². The van der Waals surface area contributed by atoms with Gasteiger partial charge in [0.25, 0.3) is 0 Å². The molecule has 4 nitrogen and oxygen atoms in total. The van der Waals surface area contributed by atoms with Crippen molar-refractivity contribution in [1.29, 1.82) is 0 Å². The summed E-state index contributed by atoms with van der Waals surface area (Å²) in [5.74, 6) is -0.937. The molecule has 0 aliphatic carbocycles. The summed E-state index contributed by atoms with van der Waals surface area (Å²) in [6.45, 7) is 3.30. The largest absolute Gasteiger partial charge is 0.316 e. The first kappa shape index (κ1) is 15.7. The zero-order valence-corrected chi connectivity index (χ0v) is 12.0. The molecule has 1 aromatic carbocycles. The predicted molar refractivity (Wildman–Crippen MR) is 70.2 cm³/mol. The van der Waals surface area contributed by atoms with Crippen LogP contribution in [0.3, 0.4) is 0 Å². The van der Waals surface area contributed by atoms with E-state index in [1.54, 1.807) is 0 Å². The van der Waals surface area contributed by atoms with Gasteiger partial charge < -0.3 is 5.32 Å². The molecule has 0 saturated heterocycles. The van der Waals surface area contributed by atoms with Gasteiger partial charge in [0.15, 0.2) is 5.82 Å². The summed E-state index contributed by atoms with van der Waals surface area (Å²) in [5, 5.41) is 2.23. The van der Waals surface area contributed by atoms with Crippen molar-refractivity contribution in [3.63, 3.8) is 0 Å². The molecule has 0 amide bonds. The van der Waals surface area contributed by atoms with E-state index in [1.165, 1.54) is 6.07 Å². The molecular formula is C10H13Cl2FN2O2S. The minimum atomic E-state index is -3.83. The zero-order valence-electron chi connectivity index (χ0n) is 9.63. The highest BCUT2D eigenvalue weighted by Gasteiger charge is 2.21. The van der Waals surface area contributed by atoms with Crippen molar-refractivity contribution in [2.75, 3.05) is 19.6 Å². The SMILES string of the molecule is CCNCCNS(=O)(=O)c1ccc(Cl)c(F)c1Cl. The van der Waals surface area contributed by atoms with E-state index in [4.69, 9.17) is 23.2 Å². The molecule has 0 spiro atoms. The van der Waals surface area contributed by atoms with Gasteiger partial charge in [0, 0.05) is 13.1 Å². The zero-order chi connectivity index (χ0) is 13.8. The first-order valence-corrected chi connectivity index (χ1v) is 7.48. The van der Waals surface area contributed by atoms with E-state index in [0.717, 1.165) is 12.6 Å². The van der Waals surface area contributed by atoms with Gasteiger partial charge in [-0.3, -0.25) is 0 Å². The Hall–Kier alpha value is -0.400. The molecule has 0 atom stereocenters. The summed E-state index contributed by atoms with van der Waals surface area (Å²) in [7, 11) is -3.83. The van der Waals surface area contributed by atoms with Gasteiger partial charge in [-0.2, -0.15) is 0 Å². The third kappa shape index (κ3) is 3.80. The maximum atomic E-state index is 13.4. The van der Waals surface area contributed by atoms with Gasteiger partial charge in [-0.05, 0) is 18.7 Å². The number of hydrogen-bond acceptors (Lipinski definition) is 3. The second-order valence-corrected chi connectivity index (χ2v) is 5.95. The van der Waals surface area contributed by atoms with Gasteiger partial charge in [-0.15, -0.1) is 0 Å². The van der Waals surface area contributed by atoms with Crippen LogP contribution in [0.2, 0.25) is 10.0 Å². The summed E-state index contributed by atoms with van der Waals surface area (Å²) in [6, 6.07) is 2.32. The summed E-state index contributed by atoms with van der Waals surface area (Å²) in [6.07, 6.45) is 0. The molecule has 2 N–H and O–H groups in total. The Morgan fingerprint density at radius 2 is 1.94 bits per heavy atom. The van der Waals surface area contributed by atoms with Crippen LogP contribution in [0.25, 0.3) is 0 Å². The number of rotatable bonds is 6. The molecule has 0 aliphatic heterocycles. The van der Waals surface area contributed by atoms with Crippen molar-refractivity contribution in [3.8, 4) is 0 Å². The molecular weight excluding hydrogens is 302 g/mol. The van der Waals surface area contributed by atoms with E-state index in [9.17, 15) is 12.8 Å². The summed E-state index contributed by atoms with van der Waals surface area (Å²) < 4.78 is 39.4. The lowest BCUT2D eigenvalue weighted by atomic mass is 10.3. The molecule has 102 valence electrons. The van der Waals surface area contributed by atoms with Crippen LogP contribution in [-0.4, -0.2) is 28.1 Å². The topological polar surface area (TPSA) is 58.2 Å². The Balaban J connectivity index is 2.89. The molecule has 0 saturated carbocycles. The fourth-order valence-corrected chi connectivity index (χ4v) is 3.02. The highest BCUT2D eigenvalue weighted by molar-refractivity contribution is 7.89. The van der Waals surface area contributed by atoms with E-state index in [2.05, 4.69) is 10.0 Å². The Morgan fingerprint density at radius 3 is 2.56 bits per heavy atom. The van der Waals surface area contributed by atoms with E-state index < -0.39 is 20.9 Å². The first-order chi connectivity index (χ1) is 8.40. The van der Waals surface area contributed by atoms with Crippen LogP contribution in [0.1, 0.15) is 6.92 Å². The predicted octanol–water partition coefficient (Wildman–Crippen LogP) is 2.02. The Labute approximate surface area is 116 Å². The molecule has 0 bridgehead atoms. The fourth-order valence-electron chi connectivity index (χ4n) is 1.24. The second-order valence-electron chi connectivity index (χ2n) is 3.42. The molecule has 0 aromatic heterocycles. The highest BCUT2D eigenvalue weighted by Crippen LogP contribution is 2.29. The van der Waals surface area contributed by atoms with Gasteiger partial charge in [-0.1, -0.05) is 30.1 Å². The number of hydrogen-bond donors (Lipinski definition) is 2. The number of halogens is 3. The second kappa shape index (κ2) is 6.68. The molecule has 1 aromatic rings. The van der Waals surface area contributed by atoms with Crippen molar-refractivity contribution in [1.82, 2.24) is 10.0 Å². The van der Waals surface area contributed by atoms with Gasteiger partial charge in [0.2, 0.25) is 10.0 Å². The van der Waals surface area contributed by atoms with Crippen LogP contribution in [-0.2, 0) is 10.0 Å². The van der Waals surface area contributed by atoms with Crippen LogP contribution in [0.5, 0.6) is 0 Å². The Bertz CT molecular complexity index is 523. The third-order valence-electron chi connectivity index (χ3n) is 2.13. The first-order valence-electron chi connectivity index (χ1n) is 5.24. The average molecular weight is 315 g/mol. The fraction of sp³-hybridized carbons (Fsp3) is 0.400. The van der Waals surface area contributed by atoms with Crippen LogP contribution >= 0.6 is 23.2 Å². The molecule has 8 heteroatoms. The van der Waals surface area contributed by atoms with Gasteiger partial charge >= 0.3 is 0 Å². The van der Waals surface area contributed by atoms with Crippen molar-refractivity contribution >= 4 is 33.2 Å². The average Bonchev–Trinajstić information content (AvgIpc) is 2.31. The van der Waals surface area contributed by atoms with Gasteiger partial charge in [-0.25, -0.2) is 17.5 Å². The molecule has 0 unspecified atom stereocenters. The minimum Gasteiger partial charge on any atom is -0.316 e. The highest BCUT2D eigenvalue weighted by atomic mass is 35.5. The van der Waals surface area contributed by atoms with Crippen LogP contribution < -0.4 is 10.0 Å². The Kier molecular flexibility index (Phi) is 5.81. The van der Waals surface area contributed by atoms with E-state index >= 15 is 0 Å². The number of benzene rings is 1. The van der Waals surface area contributed by atoms with Crippen LogP contribution in [0.4, 0.5) is 4.39 Å². The smallest absolute Gasteiger partial charge is 0.242 e. The van der Waals surface area contributed by atoms with Crippen LogP contribution in [0.15, 0.2) is 17.0 Å². The lowest BCUT2D eigenvalue weighted by Crippen LogP contribution is -2.32. The summed E-state index contributed by atoms with van der Waals surface area (Å²) in [4.78, 5) is -0.317. The molecule has 0 radical (unpaired) electrons. The molecule has 1 rings (SSSR count). The number of sulfonamides is 1. The monoisotopic (exact) mass is 314 g/mol. The Morgan fingerprint density at radius 1 is 1.28 bits per heavy atom. The van der Waals surface area contributed by atoms with Crippen molar-refractivity contribution in [2.24, 2.45) is 0 Å². The van der Waals surface area contributed by atoms with Crippen molar-refractivity contribution in [3.05, 3.63) is 28.0 Å². The molecule has 18 heavy (non-hydrogen) atoms. The maximum absolute atomic E-state index is 13.4. The normalized spacial score (nSPS) is 11.8. The van der Waals surface area contributed by atoms with Gasteiger partial charge in [0.1, 0.15) is 4.90 Å². The van der Waals surface area contributed by atoms with E-state index in [1.807, 2.05) is 6.92 Å². The summed E-state index contributed by atoms with van der Waals surface area (Å²) in [5.41, 5.74) is 0. The van der Waals surface area contributed by atoms with Crippen molar-refractivity contribution < 1.29 is 12.8 Å². The maximum Gasteiger partial charge on any atom is 0.242 e. The van der Waals surface area contributed by atoms with Crippen molar-refractivity contribution in [2.45, 2.75) is 11.8 Å². The quantitative estimate of drug-likeness (QED) is 0.624. The third-order valence-corrected chi connectivity index (χ3v) is 4.41. The molecule has 0 aliphatic rings. The number of nitrogens with one attached hydrogen (secondary N) is 2. The lowest BCUT2D eigenvalue weighted by Gasteiger charge is -2.09. The number of likely N-dealkylation sites (N-methyl/N-ethyl adjacent to an activating group) is 1. The minimum absolute atomic E-state index is 0.191. The molecule has 0 heterocycles. The van der Waals surface area contributed by atoms with Gasteiger partial charge in [0.05, 0.1) is 10.0 Å². The van der Waals surface area contributed by atoms with E-state index in [-0.39, 0.29) is 16.5 Å². The lowest BCUT2D eigenvalue weighted by molar-refractivity contribution is 0.574. The standard InChI is InChI=1S/C10H13Cl2FN2O2S/c1-2-14-5-6-15-18(16,17)8-4-3-7(11)10(13)9(8)12/h3-4,14-15H,2,5-6H2,1H3.